The predicted octanol–water partition coefficient (Wildman–Crippen LogP) is 0.624. The normalized spacial score (nSPS) is 9.89. The fraction of sp³-hybridized carbons (Fsp3) is 0.444. The SMILES string of the molecule is COCCC=NO.Cn1c(C=O)cnc1[N+](=O)[O-]. The zero-order valence-corrected chi connectivity index (χ0v) is 10.0. The second-order valence-electron chi connectivity index (χ2n) is 3.00. The lowest BCUT2D eigenvalue weighted by Crippen LogP contribution is -2.00. The summed E-state index contributed by atoms with van der Waals surface area (Å²) in [4.78, 5) is 23.1. The Morgan fingerprint density at radius 1 is 1.72 bits per heavy atom. The van der Waals surface area contributed by atoms with Crippen LogP contribution in [0.15, 0.2) is 11.4 Å². The molecule has 0 fully saturated rings. The van der Waals surface area contributed by atoms with Crippen LogP contribution in [0.3, 0.4) is 0 Å². The molecule has 0 unspecified atom stereocenters. The van der Waals surface area contributed by atoms with E-state index in [9.17, 15) is 14.9 Å². The number of nitrogens with zero attached hydrogens (tertiary/aromatic N) is 4. The van der Waals surface area contributed by atoms with E-state index in [2.05, 4.69) is 14.9 Å². The zero-order chi connectivity index (χ0) is 14.0. The molecule has 0 amide bonds. The number of ether oxygens (including phenoxy) is 1. The van der Waals surface area contributed by atoms with Crippen LogP contribution in [0.25, 0.3) is 0 Å². The summed E-state index contributed by atoms with van der Waals surface area (Å²) in [5, 5.41) is 20.7. The number of carbonyl (C=O) groups excluding carboxylic acids is 1. The Hall–Kier alpha value is -2.29. The smallest absolute Gasteiger partial charge is 0.411 e. The third kappa shape index (κ3) is 5.16. The van der Waals surface area contributed by atoms with Crippen LogP contribution in [0.4, 0.5) is 5.95 Å². The van der Waals surface area contributed by atoms with Gasteiger partial charge in [0.15, 0.2) is 12.0 Å². The van der Waals surface area contributed by atoms with E-state index in [-0.39, 0.29) is 11.6 Å². The van der Waals surface area contributed by atoms with Crippen LogP contribution in [0, 0.1) is 10.1 Å². The first-order valence-electron chi connectivity index (χ1n) is 4.84. The van der Waals surface area contributed by atoms with Gasteiger partial charge >= 0.3 is 5.95 Å². The third-order valence-electron chi connectivity index (χ3n) is 1.82. The van der Waals surface area contributed by atoms with Gasteiger partial charge < -0.3 is 20.1 Å². The second-order valence-corrected chi connectivity index (χ2v) is 3.00. The van der Waals surface area contributed by atoms with Crippen molar-refractivity contribution in [1.29, 1.82) is 0 Å². The van der Waals surface area contributed by atoms with Gasteiger partial charge in [0.05, 0.1) is 13.7 Å². The Bertz CT molecular complexity index is 415. The van der Waals surface area contributed by atoms with Gasteiger partial charge in [0, 0.05) is 19.7 Å². The minimum absolute atomic E-state index is 0.191. The van der Waals surface area contributed by atoms with E-state index >= 15 is 0 Å². The summed E-state index contributed by atoms with van der Waals surface area (Å²) in [5.41, 5.74) is 0.191. The Balaban J connectivity index is 0.000000360. The molecule has 1 N–H and O–H groups in total. The summed E-state index contributed by atoms with van der Waals surface area (Å²) in [7, 11) is 3.01. The van der Waals surface area contributed by atoms with Crippen molar-refractivity contribution in [3.05, 3.63) is 22.0 Å². The number of nitro groups is 1. The van der Waals surface area contributed by atoms with Gasteiger partial charge in [-0.3, -0.25) is 4.79 Å². The van der Waals surface area contributed by atoms with E-state index in [0.29, 0.717) is 19.3 Å². The number of oxime groups is 1. The van der Waals surface area contributed by atoms with Gasteiger partial charge in [0.2, 0.25) is 0 Å². The fourth-order valence-electron chi connectivity index (χ4n) is 0.920. The van der Waals surface area contributed by atoms with E-state index in [1.54, 1.807) is 7.11 Å². The van der Waals surface area contributed by atoms with Crippen molar-refractivity contribution in [2.45, 2.75) is 6.42 Å². The molecule has 0 aliphatic carbocycles. The number of rotatable bonds is 5. The fourth-order valence-corrected chi connectivity index (χ4v) is 0.920. The molecule has 0 atom stereocenters. The lowest BCUT2D eigenvalue weighted by molar-refractivity contribution is -0.396. The van der Waals surface area contributed by atoms with Crippen molar-refractivity contribution in [2.24, 2.45) is 12.2 Å². The van der Waals surface area contributed by atoms with Crippen LogP contribution in [-0.2, 0) is 11.8 Å². The average molecular weight is 258 g/mol. The lowest BCUT2D eigenvalue weighted by atomic mass is 10.5. The van der Waals surface area contributed by atoms with Crippen LogP contribution in [0.5, 0.6) is 0 Å². The molecule has 0 radical (unpaired) electrons. The number of aldehydes is 1. The van der Waals surface area contributed by atoms with Crippen LogP contribution in [-0.4, -0.2) is 45.9 Å². The molecule has 0 aromatic carbocycles. The highest BCUT2D eigenvalue weighted by Crippen LogP contribution is 2.07. The molecule has 9 nitrogen and oxygen atoms in total. The minimum atomic E-state index is -0.646. The minimum Gasteiger partial charge on any atom is -0.411 e. The maximum atomic E-state index is 10.2. The van der Waals surface area contributed by atoms with Crippen LogP contribution < -0.4 is 0 Å². The van der Waals surface area contributed by atoms with Gasteiger partial charge in [-0.1, -0.05) is 4.98 Å². The van der Waals surface area contributed by atoms with Gasteiger partial charge in [-0.2, -0.15) is 0 Å². The summed E-state index contributed by atoms with van der Waals surface area (Å²) >= 11 is 0. The number of aromatic nitrogens is 2. The molecule has 0 spiro atoms. The van der Waals surface area contributed by atoms with Crippen molar-refractivity contribution in [2.75, 3.05) is 13.7 Å². The molecular formula is C9H14N4O5. The Labute approximate surface area is 103 Å². The number of methoxy groups -OCH3 is 1. The van der Waals surface area contributed by atoms with Crippen molar-refractivity contribution >= 4 is 18.4 Å². The van der Waals surface area contributed by atoms with Crippen molar-refractivity contribution in [3.8, 4) is 0 Å². The molecule has 1 heterocycles. The zero-order valence-electron chi connectivity index (χ0n) is 10.0. The topological polar surface area (TPSA) is 120 Å². The quantitative estimate of drug-likeness (QED) is 0.206. The first kappa shape index (κ1) is 15.7. The molecule has 9 heteroatoms. The Morgan fingerprint density at radius 2 is 2.39 bits per heavy atom. The molecule has 100 valence electrons. The van der Waals surface area contributed by atoms with E-state index in [1.807, 2.05) is 0 Å². The van der Waals surface area contributed by atoms with Crippen LogP contribution in [0.1, 0.15) is 16.9 Å². The van der Waals surface area contributed by atoms with Crippen LogP contribution >= 0.6 is 0 Å². The number of hydrogen-bond donors (Lipinski definition) is 1. The monoisotopic (exact) mass is 258 g/mol. The number of hydrogen-bond acceptors (Lipinski definition) is 7. The summed E-state index contributed by atoms with van der Waals surface area (Å²) < 4.78 is 5.76. The summed E-state index contributed by atoms with van der Waals surface area (Å²) in [6, 6.07) is 0. The van der Waals surface area contributed by atoms with E-state index in [4.69, 9.17) is 5.21 Å². The molecule has 18 heavy (non-hydrogen) atoms. The van der Waals surface area contributed by atoms with Crippen molar-refractivity contribution in [3.63, 3.8) is 0 Å². The third-order valence-corrected chi connectivity index (χ3v) is 1.82. The largest absolute Gasteiger partial charge is 0.434 e. The van der Waals surface area contributed by atoms with Crippen molar-refractivity contribution < 1.29 is 19.7 Å². The highest BCUT2D eigenvalue weighted by molar-refractivity contribution is 5.72. The second kappa shape index (κ2) is 8.82. The molecular weight excluding hydrogens is 244 g/mol. The molecule has 1 rings (SSSR count). The van der Waals surface area contributed by atoms with Crippen LogP contribution in [0.2, 0.25) is 0 Å². The first-order chi connectivity index (χ1) is 8.58. The summed E-state index contributed by atoms with van der Waals surface area (Å²) in [6.07, 6.45) is 3.74. The van der Waals surface area contributed by atoms with Crippen molar-refractivity contribution in [1.82, 2.24) is 9.55 Å². The average Bonchev–Trinajstić information content (AvgIpc) is 2.72. The van der Waals surface area contributed by atoms with Gasteiger partial charge in [-0.25, -0.2) is 4.57 Å². The molecule has 0 saturated heterocycles. The first-order valence-corrected chi connectivity index (χ1v) is 4.84. The van der Waals surface area contributed by atoms with Gasteiger partial charge in [0.25, 0.3) is 0 Å². The number of imidazole rings is 1. The Kier molecular flexibility index (Phi) is 7.69. The predicted molar refractivity (Wildman–Crippen MR) is 62.0 cm³/mol. The Morgan fingerprint density at radius 3 is 2.72 bits per heavy atom. The van der Waals surface area contributed by atoms with Gasteiger partial charge in [0.1, 0.15) is 6.20 Å². The van der Waals surface area contributed by atoms with Gasteiger partial charge in [-0.15, -0.1) is 5.16 Å². The van der Waals surface area contributed by atoms with Gasteiger partial charge in [-0.05, 0) is 4.92 Å². The molecule has 0 aliphatic rings. The standard InChI is InChI=1S/C5H5N3O3.C4H9NO2/c1-7-4(3-9)2-6-5(7)8(10)11;1-7-4-2-3-5-6/h2-3H,1H3;3,6H,2,4H2,1H3. The highest BCUT2D eigenvalue weighted by atomic mass is 16.6. The highest BCUT2D eigenvalue weighted by Gasteiger charge is 2.15. The molecule has 0 bridgehead atoms. The van der Waals surface area contributed by atoms with E-state index < -0.39 is 4.92 Å². The summed E-state index contributed by atoms with van der Waals surface area (Å²) in [6.45, 7) is 0.615. The molecule has 1 aromatic heterocycles. The molecule has 0 saturated carbocycles. The maximum Gasteiger partial charge on any atom is 0.434 e. The van der Waals surface area contributed by atoms with E-state index in [1.165, 1.54) is 13.3 Å². The lowest BCUT2D eigenvalue weighted by Gasteiger charge is -1.92. The molecule has 0 aliphatic heterocycles. The summed E-state index contributed by atoms with van der Waals surface area (Å²) in [5.74, 6) is -0.327. The van der Waals surface area contributed by atoms with E-state index in [0.717, 1.165) is 10.8 Å². The number of carbonyl (C=O) groups is 1. The molecule has 1 aromatic rings. The maximum absolute atomic E-state index is 10.2.